The lowest BCUT2D eigenvalue weighted by atomic mass is 10.0. The molecule has 550 valence electrons. The average Bonchev–Trinajstić information content (AvgIpc) is 3.75. The maximum absolute atomic E-state index is 13.0. The Morgan fingerprint density at radius 3 is 0.895 bits per heavy atom. The van der Waals surface area contributed by atoms with Crippen LogP contribution in [0.5, 0.6) is 0 Å². The lowest BCUT2D eigenvalue weighted by Gasteiger charge is -2.26. The van der Waals surface area contributed by atoms with Crippen LogP contribution >= 0.6 is 0 Å². The Balaban J connectivity index is 4.03. The van der Waals surface area contributed by atoms with Gasteiger partial charge in [-0.15, -0.1) is 0 Å². The maximum Gasteiger partial charge on any atom is 0.306 e. The van der Waals surface area contributed by atoms with Gasteiger partial charge in [0.2, 0.25) is 0 Å². The Bertz CT molecular complexity index is 1890. The minimum Gasteiger partial charge on any atom is -0.545 e. The molecule has 0 fully saturated rings. The second-order valence-electron chi connectivity index (χ2n) is 28.3. The van der Waals surface area contributed by atoms with Gasteiger partial charge in [0, 0.05) is 12.8 Å². The fraction of sp³-hybridized carbons (Fsp3) is 0.779. The number of hydrogen-bond acceptors (Lipinski definition) is 8. The normalized spacial score (nSPS) is 13.1. The predicted molar refractivity (Wildman–Crippen MR) is 407 cm³/mol. The van der Waals surface area contributed by atoms with Gasteiger partial charge in [-0.3, -0.25) is 9.59 Å². The minimum atomic E-state index is -1.63. The van der Waals surface area contributed by atoms with E-state index in [4.69, 9.17) is 18.9 Å². The highest BCUT2D eigenvalue weighted by Crippen LogP contribution is 2.19. The second kappa shape index (κ2) is 76.0. The topological polar surface area (TPSA) is 111 Å². The van der Waals surface area contributed by atoms with Crippen molar-refractivity contribution in [2.45, 2.75) is 386 Å². The molecule has 0 aromatic carbocycles. The summed E-state index contributed by atoms with van der Waals surface area (Å²) in [4.78, 5) is 37.6. The SMILES string of the molecule is CC/C=C\C/C=C\C/C=C\C/C=C\C/C=C\C/C=C\C/C=C\C/C=C\CCCCCCCCCCC(=O)OC(COC(=O)CCCCCCCCCCCCCCCCCCCCCCCCCCCCCCCCCCCCCCC)COC(OCC[N+](C)(C)C)C(=O)[O-]. The number of carbonyl (C=O) groups is 3. The zero-order chi connectivity index (χ0) is 69.0. The van der Waals surface area contributed by atoms with E-state index in [1.54, 1.807) is 0 Å². The van der Waals surface area contributed by atoms with Crippen molar-refractivity contribution in [2.75, 3.05) is 47.5 Å². The van der Waals surface area contributed by atoms with E-state index in [9.17, 15) is 19.5 Å². The van der Waals surface area contributed by atoms with Gasteiger partial charge in [0.15, 0.2) is 12.4 Å². The van der Waals surface area contributed by atoms with Crippen LogP contribution in [0.15, 0.2) is 97.2 Å². The van der Waals surface area contributed by atoms with E-state index in [0.717, 1.165) is 96.3 Å². The van der Waals surface area contributed by atoms with Crippen LogP contribution in [0.1, 0.15) is 373 Å². The summed E-state index contributed by atoms with van der Waals surface area (Å²) in [6, 6.07) is 0. The summed E-state index contributed by atoms with van der Waals surface area (Å²) in [5.41, 5.74) is 0. The first-order valence-electron chi connectivity index (χ1n) is 40.4. The molecule has 0 amide bonds. The molecule has 0 rings (SSSR count). The Labute approximate surface area is 588 Å². The van der Waals surface area contributed by atoms with Gasteiger partial charge in [-0.05, 0) is 77.0 Å². The van der Waals surface area contributed by atoms with Crippen LogP contribution in [0.3, 0.4) is 0 Å². The van der Waals surface area contributed by atoms with Gasteiger partial charge in [-0.2, -0.15) is 0 Å². The van der Waals surface area contributed by atoms with Crippen LogP contribution in [0, 0.1) is 0 Å². The first kappa shape index (κ1) is 91.2. The van der Waals surface area contributed by atoms with E-state index >= 15 is 0 Å². The van der Waals surface area contributed by atoms with Crippen molar-refractivity contribution in [1.82, 2.24) is 0 Å². The molecule has 0 radical (unpaired) electrons. The van der Waals surface area contributed by atoms with Gasteiger partial charge in [0.25, 0.3) is 0 Å². The third-order valence-corrected chi connectivity index (χ3v) is 17.8. The molecule has 0 bridgehead atoms. The molecule has 0 saturated carbocycles. The number of likely N-dealkylation sites (N-methyl/N-ethyl adjacent to an activating group) is 1. The highest BCUT2D eigenvalue weighted by Gasteiger charge is 2.22. The number of carboxylic acid groups (broad SMARTS) is 1. The molecule has 95 heavy (non-hydrogen) atoms. The highest BCUT2D eigenvalue weighted by atomic mass is 16.7. The van der Waals surface area contributed by atoms with Crippen LogP contribution in [0.2, 0.25) is 0 Å². The molecule has 0 aliphatic heterocycles. The van der Waals surface area contributed by atoms with E-state index in [2.05, 4.69) is 111 Å². The monoisotopic (exact) mass is 1330 g/mol. The molecule has 2 unspecified atom stereocenters. The van der Waals surface area contributed by atoms with Crippen molar-refractivity contribution >= 4 is 17.9 Å². The summed E-state index contributed by atoms with van der Waals surface area (Å²) >= 11 is 0. The van der Waals surface area contributed by atoms with E-state index in [0.29, 0.717) is 23.9 Å². The smallest absolute Gasteiger partial charge is 0.306 e. The van der Waals surface area contributed by atoms with Gasteiger partial charge in [-0.25, -0.2) is 0 Å². The number of aliphatic carboxylic acids is 1. The van der Waals surface area contributed by atoms with Gasteiger partial charge < -0.3 is 33.3 Å². The van der Waals surface area contributed by atoms with Crippen molar-refractivity contribution in [3.05, 3.63) is 97.2 Å². The fourth-order valence-electron chi connectivity index (χ4n) is 11.7. The molecule has 9 heteroatoms. The third kappa shape index (κ3) is 77.4. The molecule has 0 aliphatic carbocycles. The number of carbonyl (C=O) groups excluding carboxylic acids is 3. The molecule has 9 nitrogen and oxygen atoms in total. The van der Waals surface area contributed by atoms with Crippen LogP contribution in [-0.2, 0) is 33.3 Å². The lowest BCUT2D eigenvalue weighted by Crippen LogP contribution is -2.44. The van der Waals surface area contributed by atoms with E-state index in [1.807, 2.05) is 21.1 Å². The van der Waals surface area contributed by atoms with Crippen molar-refractivity contribution < 1.29 is 42.9 Å². The molecule has 0 aromatic heterocycles. The highest BCUT2D eigenvalue weighted by molar-refractivity contribution is 5.70. The fourth-order valence-corrected chi connectivity index (χ4v) is 11.7. The van der Waals surface area contributed by atoms with Crippen molar-refractivity contribution in [3.8, 4) is 0 Å². The first-order valence-corrected chi connectivity index (χ1v) is 40.4. The largest absolute Gasteiger partial charge is 0.545 e. The number of carboxylic acids is 1. The Morgan fingerprint density at radius 2 is 0.600 bits per heavy atom. The molecule has 0 heterocycles. The Morgan fingerprint density at radius 1 is 0.326 bits per heavy atom. The van der Waals surface area contributed by atoms with Crippen molar-refractivity contribution in [1.29, 1.82) is 0 Å². The van der Waals surface area contributed by atoms with Gasteiger partial charge in [0.1, 0.15) is 13.2 Å². The zero-order valence-electron chi connectivity index (χ0n) is 63.0. The first-order chi connectivity index (χ1) is 46.6. The lowest BCUT2D eigenvalue weighted by molar-refractivity contribution is -0.870. The van der Waals surface area contributed by atoms with E-state index in [1.165, 1.54) is 244 Å². The number of allylic oxidation sites excluding steroid dienone is 16. The molecule has 0 aliphatic rings. The number of esters is 2. The quantitative estimate of drug-likeness (QED) is 0.0195. The number of ether oxygens (including phenoxy) is 4. The summed E-state index contributed by atoms with van der Waals surface area (Å²) < 4.78 is 22.9. The summed E-state index contributed by atoms with van der Waals surface area (Å²) in [5, 5.41) is 11.9. The van der Waals surface area contributed by atoms with Crippen molar-refractivity contribution in [2.24, 2.45) is 0 Å². The molecular weight excluding hydrogens is 1170 g/mol. The summed E-state index contributed by atoms with van der Waals surface area (Å²) in [5.74, 6) is -2.28. The Kier molecular flexibility index (Phi) is 72.9. The van der Waals surface area contributed by atoms with Gasteiger partial charge >= 0.3 is 11.9 Å². The number of nitrogens with zero attached hydrogens (tertiary/aromatic N) is 1. The minimum absolute atomic E-state index is 0.143. The number of quaternary nitrogens is 1. The van der Waals surface area contributed by atoms with E-state index < -0.39 is 24.3 Å². The summed E-state index contributed by atoms with van der Waals surface area (Å²) in [6.07, 6.45) is 103. The molecule has 2 atom stereocenters. The molecular formula is C86H153NO8. The van der Waals surface area contributed by atoms with Gasteiger partial charge in [0.05, 0.1) is 40.3 Å². The Hall–Kier alpha value is -3.79. The maximum atomic E-state index is 13.0. The second-order valence-corrected chi connectivity index (χ2v) is 28.3. The van der Waals surface area contributed by atoms with E-state index in [-0.39, 0.29) is 32.2 Å². The predicted octanol–water partition coefficient (Wildman–Crippen LogP) is 24.6. The number of unbranched alkanes of at least 4 members (excludes halogenated alkanes) is 44. The molecule has 0 N–H and O–H groups in total. The number of rotatable bonds is 75. The van der Waals surface area contributed by atoms with Crippen LogP contribution in [0.4, 0.5) is 0 Å². The zero-order valence-corrected chi connectivity index (χ0v) is 63.0. The standard InChI is InChI=1S/C86H153NO8/c1-6-8-10-12-14-16-18-20-22-24-26-28-30-32-34-36-38-40-41-42-43-45-46-48-50-52-54-56-58-60-62-64-66-68-70-72-74-76-83(88)93-80-82(81-94-86(85(90)91)92-79-78-87(3,4)5)95-84(89)77-75-73-71-69-67-65-63-61-59-57-55-53-51-49-47-44-39-37-35-33-31-29-27-25-23-21-19-17-15-13-11-9-7-2/h9,11,15,17,21,23,27,29,33,35,39,44,49,51,55,57,82,86H,6-8,10,12-14,16,18-20,22,24-26,28,30-32,34,36-38,40-43,45-48,50,52-54,56,58-81H2,1-5H3/b11-9-,17-15-,23-21-,29-27-,35-33-,44-39-,51-49-,57-55-. The van der Waals surface area contributed by atoms with Crippen LogP contribution < -0.4 is 5.11 Å². The van der Waals surface area contributed by atoms with Crippen LogP contribution in [0.25, 0.3) is 0 Å². The summed E-state index contributed by atoms with van der Waals surface area (Å²) in [7, 11) is 5.94. The third-order valence-electron chi connectivity index (χ3n) is 17.8. The molecule has 0 spiro atoms. The summed E-state index contributed by atoms with van der Waals surface area (Å²) in [6.45, 7) is 4.67. The molecule has 0 saturated heterocycles. The average molecular weight is 1330 g/mol. The van der Waals surface area contributed by atoms with Crippen molar-refractivity contribution in [3.63, 3.8) is 0 Å². The number of hydrogen-bond donors (Lipinski definition) is 0. The van der Waals surface area contributed by atoms with Gasteiger partial charge in [-0.1, -0.05) is 381 Å². The molecule has 0 aromatic rings. The van der Waals surface area contributed by atoms with Crippen LogP contribution in [-0.4, -0.2) is 82.3 Å².